The van der Waals surface area contributed by atoms with E-state index in [-0.39, 0.29) is 24.1 Å². The fraction of sp³-hybridized carbons (Fsp3) is 0.333. The average Bonchev–Trinajstić information content (AvgIpc) is 3.30. The Hall–Kier alpha value is -3.18. The van der Waals surface area contributed by atoms with Crippen molar-refractivity contribution in [3.05, 3.63) is 89.7 Å². The first-order chi connectivity index (χ1) is 15.6. The third-order valence-corrected chi connectivity index (χ3v) is 7.46. The Kier molecular flexibility index (Phi) is 4.54. The number of aliphatic hydroxyl groups is 1. The molecule has 2 atom stereocenters. The van der Waals surface area contributed by atoms with Crippen LogP contribution < -0.4 is 0 Å². The van der Waals surface area contributed by atoms with Crippen molar-refractivity contribution in [2.24, 2.45) is 0 Å². The van der Waals surface area contributed by atoms with E-state index in [2.05, 4.69) is 41.4 Å². The Morgan fingerprint density at radius 3 is 2.12 bits per heavy atom. The molecule has 2 saturated heterocycles. The Balaban J connectivity index is 1.19. The lowest BCUT2D eigenvalue weighted by molar-refractivity contribution is -0.0559. The summed E-state index contributed by atoms with van der Waals surface area (Å²) in [6.07, 6.45) is 4.25. The van der Waals surface area contributed by atoms with Crippen LogP contribution in [0.2, 0.25) is 0 Å². The summed E-state index contributed by atoms with van der Waals surface area (Å²) in [5.74, 6) is 0.0549. The van der Waals surface area contributed by atoms with Crippen LogP contribution in [0.4, 0.5) is 4.79 Å². The predicted octanol–water partition coefficient (Wildman–Crippen LogP) is 4.85. The Bertz CT molecular complexity index is 1100. The summed E-state index contributed by atoms with van der Waals surface area (Å²) in [6.45, 7) is 0.327. The van der Waals surface area contributed by atoms with Gasteiger partial charge in [0.25, 0.3) is 0 Å². The summed E-state index contributed by atoms with van der Waals surface area (Å²) in [5.41, 5.74) is 4.60. The number of fused-ring (bicyclic) bond motifs is 5. The lowest BCUT2D eigenvalue weighted by Gasteiger charge is -2.42. The molecule has 0 saturated carbocycles. The number of pyridine rings is 1. The van der Waals surface area contributed by atoms with Gasteiger partial charge in [0.15, 0.2) is 0 Å². The number of carbonyl (C=O) groups is 1. The molecule has 1 N–H and O–H groups in total. The number of hydrogen-bond donors (Lipinski definition) is 1. The van der Waals surface area contributed by atoms with E-state index in [1.807, 2.05) is 35.2 Å². The van der Waals surface area contributed by atoms with Gasteiger partial charge in [0.2, 0.25) is 0 Å². The van der Waals surface area contributed by atoms with Gasteiger partial charge >= 0.3 is 6.09 Å². The van der Waals surface area contributed by atoms with E-state index in [9.17, 15) is 9.90 Å². The molecule has 2 aliphatic heterocycles. The van der Waals surface area contributed by atoms with Crippen molar-refractivity contribution >= 4 is 6.09 Å². The molecule has 3 aromatic rings. The highest BCUT2D eigenvalue weighted by atomic mass is 16.6. The minimum Gasteiger partial charge on any atom is -0.448 e. The summed E-state index contributed by atoms with van der Waals surface area (Å²) in [5, 5.41) is 11.3. The smallest absolute Gasteiger partial charge is 0.410 e. The van der Waals surface area contributed by atoms with Crippen molar-refractivity contribution in [2.45, 2.75) is 49.3 Å². The van der Waals surface area contributed by atoms with Crippen LogP contribution in [0.5, 0.6) is 0 Å². The molecule has 5 heteroatoms. The van der Waals surface area contributed by atoms with Crippen molar-refractivity contribution in [3.8, 4) is 11.1 Å². The number of carbonyl (C=O) groups excluding carboxylic acids is 1. The SMILES string of the molecule is O=C(OCC1c2ccccc2-c2ccccc21)N1C2CCC1CC(O)(c1ccccn1)C2. The monoisotopic (exact) mass is 426 g/mol. The van der Waals surface area contributed by atoms with Crippen molar-refractivity contribution in [3.63, 3.8) is 0 Å². The zero-order valence-electron chi connectivity index (χ0n) is 17.9. The molecule has 5 nitrogen and oxygen atoms in total. The molecule has 6 rings (SSSR count). The average molecular weight is 427 g/mol. The molecule has 3 aliphatic rings. The standard InChI is InChI=1S/C27H26N2O3/c30-26(29-18-12-13-19(29)16-27(31,15-18)25-11-5-6-14-28-25)32-17-24-22-9-3-1-7-20(22)21-8-2-4-10-23(21)24/h1-11,14,18-19,24,31H,12-13,15-17H2. The predicted molar refractivity (Wildman–Crippen MR) is 121 cm³/mol. The first kappa shape index (κ1) is 19.5. The van der Waals surface area contributed by atoms with Gasteiger partial charge in [0.05, 0.1) is 5.69 Å². The number of aromatic nitrogens is 1. The van der Waals surface area contributed by atoms with Gasteiger partial charge in [-0.3, -0.25) is 4.98 Å². The minimum absolute atomic E-state index is 0.0172. The van der Waals surface area contributed by atoms with E-state index in [0.29, 0.717) is 25.1 Å². The van der Waals surface area contributed by atoms with Gasteiger partial charge in [-0.15, -0.1) is 0 Å². The number of piperidine rings is 1. The molecule has 1 aliphatic carbocycles. The molecule has 2 bridgehead atoms. The lowest BCUT2D eigenvalue weighted by Crippen LogP contribution is -2.52. The summed E-state index contributed by atoms with van der Waals surface area (Å²) >= 11 is 0. The number of ether oxygens (including phenoxy) is 1. The van der Waals surface area contributed by atoms with E-state index in [4.69, 9.17) is 4.74 Å². The Morgan fingerprint density at radius 2 is 1.53 bits per heavy atom. The molecule has 2 fully saturated rings. The maximum atomic E-state index is 13.2. The third-order valence-electron chi connectivity index (χ3n) is 7.46. The van der Waals surface area contributed by atoms with Gasteiger partial charge in [-0.25, -0.2) is 4.79 Å². The van der Waals surface area contributed by atoms with E-state index in [1.165, 1.54) is 22.3 Å². The lowest BCUT2D eigenvalue weighted by atomic mass is 9.83. The van der Waals surface area contributed by atoms with Crippen LogP contribution in [0.3, 0.4) is 0 Å². The molecule has 1 aromatic heterocycles. The molecule has 1 amide bonds. The second-order valence-electron chi connectivity index (χ2n) is 9.25. The summed E-state index contributed by atoms with van der Waals surface area (Å²) < 4.78 is 5.92. The van der Waals surface area contributed by atoms with Crippen molar-refractivity contribution in [1.29, 1.82) is 0 Å². The molecule has 2 aromatic carbocycles. The van der Waals surface area contributed by atoms with Crippen LogP contribution in [-0.2, 0) is 10.3 Å². The normalized spacial score (nSPS) is 26.0. The van der Waals surface area contributed by atoms with E-state index in [1.54, 1.807) is 6.20 Å². The molecular weight excluding hydrogens is 400 g/mol. The van der Waals surface area contributed by atoms with Gasteiger partial charge < -0.3 is 14.7 Å². The van der Waals surface area contributed by atoms with Crippen LogP contribution in [0.15, 0.2) is 72.9 Å². The maximum Gasteiger partial charge on any atom is 0.410 e. The van der Waals surface area contributed by atoms with E-state index in [0.717, 1.165) is 12.8 Å². The van der Waals surface area contributed by atoms with Crippen LogP contribution >= 0.6 is 0 Å². The topological polar surface area (TPSA) is 62.7 Å². The Labute approximate surface area is 187 Å². The van der Waals surface area contributed by atoms with Crippen LogP contribution in [0.25, 0.3) is 11.1 Å². The molecule has 162 valence electrons. The maximum absolute atomic E-state index is 13.2. The van der Waals surface area contributed by atoms with E-state index < -0.39 is 5.60 Å². The van der Waals surface area contributed by atoms with Crippen molar-refractivity contribution in [2.75, 3.05) is 6.61 Å². The molecule has 3 heterocycles. The summed E-state index contributed by atoms with van der Waals surface area (Å²) in [4.78, 5) is 19.5. The Morgan fingerprint density at radius 1 is 0.938 bits per heavy atom. The molecule has 32 heavy (non-hydrogen) atoms. The first-order valence-corrected chi connectivity index (χ1v) is 11.4. The number of hydrogen-bond acceptors (Lipinski definition) is 4. The number of rotatable bonds is 3. The van der Waals surface area contributed by atoms with Gasteiger partial charge in [0, 0.05) is 37.0 Å². The van der Waals surface area contributed by atoms with Gasteiger partial charge in [0.1, 0.15) is 12.2 Å². The first-order valence-electron chi connectivity index (χ1n) is 11.4. The van der Waals surface area contributed by atoms with Gasteiger partial charge in [-0.1, -0.05) is 54.6 Å². The molecule has 0 spiro atoms. The second-order valence-corrected chi connectivity index (χ2v) is 9.25. The quantitative estimate of drug-likeness (QED) is 0.651. The zero-order valence-corrected chi connectivity index (χ0v) is 17.9. The molecule has 2 unspecified atom stereocenters. The highest BCUT2D eigenvalue weighted by Crippen LogP contribution is 2.47. The van der Waals surface area contributed by atoms with Gasteiger partial charge in [-0.2, -0.15) is 0 Å². The van der Waals surface area contributed by atoms with Crippen molar-refractivity contribution < 1.29 is 14.6 Å². The highest BCUT2D eigenvalue weighted by molar-refractivity contribution is 5.79. The largest absolute Gasteiger partial charge is 0.448 e. The number of amides is 1. The van der Waals surface area contributed by atoms with Gasteiger partial charge in [-0.05, 0) is 47.2 Å². The fourth-order valence-corrected chi connectivity index (χ4v) is 6.04. The summed E-state index contributed by atoms with van der Waals surface area (Å²) in [7, 11) is 0. The second kappa shape index (κ2) is 7.45. The third kappa shape index (κ3) is 3.03. The minimum atomic E-state index is -0.979. The van der Waals surface area contributed by atoms with Crippen LogP contribution in [-0.4, -0.2) is 39.8 Å². The number of nitrogens with zero attached hydrogens (tertiary/aromatic N) is 2. The zero-order chi connectivity index (χ0) is 21.7. The van der Waals surface area contributed by atoms with E-state index >= 15 is 0 Å². The van der Waals surface area contributed by atoms with Crippen molar-refractivity contribution in [1.82, 2.24) is 9.88 Å². The van der Waals surface area contributed by atoms with Crippen LogP contribution in [0.1, 0.15) is 48.4 Å². The highest BCUT2D eigenvalue weighted by Gasteiger charge is 2.51. The summed E-state index contributed by atoms with van der Waals surface area (Å²) in [6, 6.07) is 22.3. The van der Waals surface area contributed by atoms with Crippen LogP contribution in [0, 0.1) is 0 Å². The number of benzene rings is 2. The molecular formula is C27H26N2O3. The molecule has 0 radical (unpaired) electrons. The fourth-order valence-electron chi connectivity index (χ4n) is 6.04.